The average molecular weight is 227 g/mol. The first-order valence-electron chi connectivity index (χ1n) is 4.48. The van der Waals surface area contributed by atoms with Crippen molar-refractivity contribution in [1.82, 2.24) is 10.6 Å². The van der Waals surface area contributed by atoms with Crippen LogP contribution in [-0.4, -0.2) is 31.0 Å². The van der Waals surface area contributed by atoms with E-state index in [1.807, 2.05) is 0 Å². The van der Waals surface area contributed by atoms with Gasteiger partial charge in [-0.2, -0.15) is 0 Å². The highest BCUT2D eigenvalue weighted by molar-refractivity contribution is 5.85. The molecule has 2 rings (SSSR count). The fourth-order valence-electron chi connectivity index (χ4n) is 1.83. The molecular weight excluding hydrogens is 214 g/mol. The topological polar surface area (TPSA) is 41.1 Å². The van der Waals surface area contributed by atoms with E-state index in [4.69, 9.17) is 0 Å². The minimum Gasteiger partial charge on any atom is -0.349 e. The molecule has 14 heavy (non-hydrogen) atoms. The number of piperidine rings is 1. The Morgan fingerprint density at radius 2 is 2.21 bits per heavy atom. The van der Waals surface area contributed by atoms with Crippen LogP contribution in [-0.2, 0) is 4.79 Å². The highest BCUT2D eigenvalue weighted by Crippen LogP contribution is 2.40. The van der Waals surface area contributed by atoms with Gasteiger partial charge < -0.3 is 10.6 Å². The lowest BCUT2D eigenvalue weighted by molar-refractivity contribution is -0.123. The van der Waals surface area contributed by atoms with Crippen LogP contribution in [0, 0.1) is 5.92 Å². The molecular formula is C8H13ClF2N2O. The molecule has 0 aromatic carbocycles. The van der Waals surface area contributed by atoms with Gasteiger partial charge in [0.1, 0.15) is 0 Å². The molecule has 1 saturated heterocycles. The molecule has 82 valence electrons. The van der Waals surface area contributed by atoms with Gasteiger partial charge >= 0.3 is 0 Å². The summed E-state index contributed by atoms with van der Waals surface area (Å²) < 4.78 is 23.5. The Morgan fingerprint density at radius 3 is 2.71 bits per heavy atom. The smallest absolute Gasteiger partial charge is 0.255 e. The number of hydrogen-bond acceptors (Lipinski definition) is 2. The van der Waals surface area contributed by atoms with E-state index in [9.17, 15) is 13.6 Å². The van der Waals surface area contributed by atoms with E-state index < -0.39 is 13.0 Å². The van der Waals surface area contributed by atoms with E-state index in [1.54, 1.807) is 0 Å². The number of rotatable bonds is 3. The number of halogens is 3. The zero-order valence-electron chi connectivity index (χ0n) is 7.50. The lowest BCUT2D eigenvalue weighted by Gasteiger charge is -2.12. The number of amides is 1. The van der Waals surface area contributed by atoms with Gasteiger partial charge in [0.25, 0.3) is 6.43 Å². The first kappa shape index (κ1) is 11.7. The molecule has 3 atom stereocenters. The Bertz CT molecular complexity index is 217. The molecule has 0 aromatic rings. The second-order valence-corrected chi connectivity index (χ2v) is 3.69. The Hall–Kier alpha value is -0.420. The fraction of sp³-hybridized carbons (Fsp3) is 0.875. The van der Waals surface area contributed by atoms with E-state index in [2.05, 4.69) is 10.6 Å². The maximum absolute atomic E-state index is 11.7. The molecule has 2 aliphatic rings. The van der Waals surface area contributed by atoms with Gasteiger partial charge in [-0.3, -0.25) is 4.79 Å². The van der Waals surface area contributed by atoms with Crippen molar-refractivity contribution >= 4 is 18.3 Å². The standard InChI is InChI=1S/C8H12F2N2O.ClH/c9-7(10)3-11-8(13)6-2-4-1-5(4)12-6;/h4-7,12H,1-3H2,(H,11,13);1H/t4-,5-,6+;/m1./s1. The van der Waals surface area contributed by atoms with Crippen LogP contribution in [0.5, 0.6) is 0 Å². The molecule has 0 radical (unpaired) electrons. The first-order valence-corrected chi connectivity index (χ1v) is 4.48. The summed E-state index contributed by atoms with van der Waals surface area (Å²) in [6.07, 6.45) is -0.516. The van der Waals surface area contributed by atoms with Crippen molar-refractivity contribution in [3.63, 3.8) is 0 Å². The quantitative estimate of drug-likeness (QED) is 0.738. The van der Waals surface area contributed by atoms with Gasteiger partial charge in [0.05, 0.1) is 12.6 Å². The van der Waals surface area contributed by atoms with Gasteiger partial charge in [-0.05, 0) is 18.8 Å². The van der Waals surface area contributed by atoms with Crippen LogP contribution in [0.25, 0.3) is 0 Å². The van der Waals surface area contributed by atoms with Crippen molar-refractivity contribution in [2.45, 2.75) is 31.4 Å². The second-order valence-electron chi connectivity index (χ2n) is 3.69. The average Bonchev–Trinajstić information content (AvgIpc) is 2.69. The molecule has 2 N–H and O–H groups in total. The maximum atomic E-state index is 11.7. The van der Waals surface area contributed by atoms with Gasteiger partial charge in [-0.1, -0.05) is 0 Å². The Morgan fingerprint density at radius 1 is 1.50 bits per heavy atom. The minimum absolute atomic E-state index is 0. The molecule has 6 heteroatoms. The number of carbonyl (C=O) groups is 1. The van der Waals surface area contributed by atoms with Crippen LogP contribution >= 0.6 is 12.4 Å². The van der Waals surface area contributed by atoms with Crippen LogP contribution in [0.3, 0.4) is 0 Å². The largest absolute Gasteiger partial charge is 0.349 e. The number of alkyl halides is 2. The Balaban J connectivity index is 0.000000980. The second kappa shape index (κ2) is 4.40. The number of hydrogen-bond donors (Lipinski definition) is 2. The van der Waals surface area contributed by atoms with Gasteiger partial charge in [-0.25, -0.2) is 8.78 Å². The summed E-state index contributed by atoms with van der Waals surface area (Å²) >= 11 is 0. The van der Waals surface area contributed by atoms with Crippen LogP contribution in [0.1, 0.15) is 12.8 Å². The van der Waals surface area contributed by atoms with Gasteiger partial charge in [0, 0.05) is 6.04 Å². The molecule has 2 fully saturated rings. The normalized spacial score (nSPS) is 33.5. The van der Waals surface area contributed by atoms with Crippen molar-refractivity contribution in [1.29, 1.82) is 0 Å². The van der Waals surface area contributed by atoms with Crippen LogP contribution in [0.15, 0.2) is 0 Å². The predicted octanol–water partition coefficient (Wildman–Crippen LogP) is 0.540. The van der Waals surface area contributed by atoms with Gasteiger partial charge in [0.2, 0.25) is 5.91 Å². The molecule has 1 aliphatic heterocycles. The number of carbonyl (C=O) groups excluding carboxylic acids is 1. The predicted molar refractivity (Wildman–Crippen MR) is 49.7 cm³/mol. The molecule has 0 aromatic heterocycles. The first-order chi connectivity index (χ1) is 6.16. The van der Waals surface area contributed by atoms with Crippen molar-refractivity contribution in [3.05, 3.63) is 0 Å². The molecule has 1 aliphatic carbocycles. The lowest BCUT2D eigenvalue weighted by Crippen LogP contribution is -2.43. The van der Waals surface area contributed by atoms with Crippen molar-refractivity contribution in [2.24, 2.45) is 5.92 Å². The van der Waals surface area contributed by atoms with Crippen LogP contribution in [0.4, 0.5) is 8.78 Å². The summed E-state index contributed by atoms with van der Waals surface area (Å²) in [4.78, 5) is 11.2. The van der Waals surface area contributed by atoms with E-state index >= 15 is 0 Å². The summed E-state index contributed by atoms with van der Waals surface area (Å²) in [7, 11) is 0. The summed E-state index contributed by atoms with van der Waals surface area (Å²) in [5.74, 6) is 0.329. The molecule has 1 saturated carbocycles. The lowest BCUT2D eigenvalue weighted by atomic mass is 10.2. The SMILES string of the molecule is Cl.O=C(NCC(F)F)[C@@H]1C[C@H]2C[C@H]2N1. The highest BCUT2D eigenvalue weighted by Gasteiger charge is 2.47. The maximum Gasteiger partial charge on any atom is 0.255 e. The third-order valence-corrected chi connectivity index (χ3v) is 2.62. The van der Waals surface area contributed by atoms with Crippen LogP contribution in [0.2, 0.25) is 0 Å². The zero-order valence-corrected chi connectivity index (χ0v) is 8.32. The van der Waals surface area contributed by atoms with E-state index in [0.29, 0.717) is 12.0 Å². The fourth-order valence-corrected chi connectivity index (χ4v) is 1.83. The number of nitrogens with one attached hydrogen (secondary N) is 2. The van der Waals surface area contributed by atoms with Gasteiger partial charge in [0.15, 0.2) is 0 Å². The van der Waals surface area contributed by atoms with Crippen LogP contribution < -0.4 is 10.6 Å². The van der Waals surface area contributed by atoms with Crippen molar-refractivity contribution in [3.8, 4) is 0 Å². The van der Waals surface area contributed by atoms with Crippen molar-refractivity contribution < 1.29 is 13.6 Å². The Labute approximate surface area is 87.0 Å². The van der Waals surface area contributed by atoms with Crippen molar-refractivity contribution in [2.75, 3.05) is 6.54 Å². The number of fused-ring (bicyclic) bond motifs is 1. The highest BCUT2D eigenvalue weighted by atomic mass is 35.5. The molecule has 1 amide bonds. The monoisotopic (exact) mass is 226 g/mol. The summed E-state index contributed by atoms with van der Waals surface area (Å²) in [6.45, 7) is -0.535. The molecule has 0 spiro atoms. The molecule has 1 heterocycles. The van der Waals surface area contributed by atoms with Gasteiger partial charge in [-0.15, -0.1) is 12.4 Å². The van der Waals surface area contributed by atoms with E-state index in [1.165, 1.54) is 0 Å². The Kier molecular flexibility index (Phi) is 3.66. The zero-order chi connectivity index (χ0) is 9.42. The third-order valence-electron chi connectivity index (χ3n) is 2.62. The molecule has 0 bridgehead atoms. The molecule has 3 nitrogen and oxygen atoms in total. The van der Waals surface area contributed by atoms with E-state index in [0.717, 1.165) is 12.8 Å². The van der Waals surface area contributed by atoms with E-state index in [-0.39, 0.29) is 24.4 Å². The minimum atomic E-state index is -2.46. The molecule has 0 unspecified atom stereocenters. The summed E-state index contributed by atoms with van der Waals surface area (Å²) in [6, 6.07) is 0.241. The summed E-state index contributed by atoms with van der Waals surface area (Å²) in [5, 5.41) is 5.31. The third kappa shape index (κ3) is 2.54. The summed E-state index contributed by atoms with van der Waals surface area (Å²) in [5.41, 5.74) is 0.